The Bertz CT molecular complexity index is 740. The van der Waals surface area contributed by atoms with Gasteiger partial charge < -0.3 is 10.1 Å². The maximum atomic E-state index is 12.4. The lowest BCUT2D eigenvalue weighted by Gasteiger charge is -2.12. The molecule has 0 bridgehead atoms. The highest BCUT2D eigenvalue weighted by Crippen LogP contribution is 2.22. The van der Waals surface area contributed by atoms with Crippen LogP contribution in [-0.4, -0.2) is 34.3 Å². The van der Waals surface area contributed by atoms with Crippen molar-refractivity contribution in [3.05, 3.63) is 53.7 Å². The highest BCUT2D eigenvalue weighted by Gasteiger charge is 2.18. The maximum Gasteiger partial charge on any atom is 0.255 e. The quantitative estimate of drug-likeness (QED) is 0.843. The summed E-state index contributed by atoms with van der Waals surface area (Å²) in [5, 5.41) is 2.81. The zero-order chi connectivity index (χ0) is 16.9. The fourth-order valence-corrected chi connectivity index (χ4v) is 3.48. The first-order valence-corrected chi connectivity index (χ1v) is 8.90. The minimum Gasteiger partial charge on any atom is -0.473 e. The smallest absolute Gasteiger partial charge is 0.255 e. The lowest BCUT2D eigenvalue weighted by molar-refractivity contribution is 0.101. The lowest BCUT2D eigenvalue weighted by Crippen LogP contribution is -2.17. The van der Waals surface area contributed by atoms with Gasteiger partial charge in [-0.15, -0.1) is 0 Å². The first kappa shape index (κ1) is 16.5. The van der Waals surface area contributed by atoms with Crippen LogP contribution in [-0.2, 0) is 0 Å². The number of nitrogens with zero attached hydrogens (tertiary/aromatic N) is 1. The van der Waals surface area contributed by atoms with Crippen molar-refractivity contribution < 1.29 is 14.3 Å². The third-order valence-corrected chi connectivity index (χ3v) is 4.85. The number of hydrogen-bond donors (Lipinski definition) is 1. The van der Waals surface area contributed by atoms with Gasteiger partial charge in [0.25, 0.3) is 5.91 Å². The Balaban J connectivity index is 1.66. The van der Waals surface area contributed by atoms with Gasteiger partial charge in [-0.2, -0.15) is 11.8 Å². The number of pyridine rings is 1. The molecule has 5 nitrogen and oxygen atoms in total. The summed E-state index contributed by atoms with van der Waals surface area (Å²) in [4.78, 5) is 27.8. The molecule has 2 heterocycles. The molecule has 2 aromatic rings. The predicted molar refractivity (Wildman–Crippen MR) is 95.0 cm³/mol. The molecule has 3 rings (SSSR count). The lowest BCUT2D eigenvalue weighted by atomic mass is 10.1. The molecule has 124 valence electrons. The van der Waals surface area contributed by atoms with E-state index in [4.69, 9.17) is 4.74 Å². The largest absolute Gasteiger partial charge is 0.473 e. The van der Waals surface area contributed by atoms with E-state index in [1.807, 2.05) is 11.8 Å². The summed E-state index contributed by atoms with van der Waals surface area (Å²) in [5.41, 5.74) is 1.74. The molecule has 1 aromatic heterocycles. The summed E-state index contributed by atoms with van der Waals surface area (Å²) >= 11 is 1.86. The summed E-state index contributed by atoms with van der Waals surface area (Å²) in [5.74, 6) is 2.29. The van der Waals surface area contributed by atoms with Gasteiger partial charge in [-0.25, -0.2) is 4.98 Å². The van der Waals surface area contributed by atoms with E-state index in [2.05, 4.69) is 10.3 Å². The van der Waals surface area contributed by atoms with Crippen molar-refractivity contribution in [3.63, 3.8) is 0 Å². The number of rotatable bonds is 5. The zero-order valence-corrected chi connectivity index (χ0v) is 14.1. The second-order valence-corrected chi connectivity index (χ2v) is 6.72. The third kappa shape index (κ3) is 4.14. The third-order valence-electron chi connectivity index (χ3n) is 3.72. The van der Waals surface area contributed by atoms with Crippen LogP contribution in [0.15, 0.2) is 42.6 Å². The van der Waals surface area contributed by atoms with Crippen LogP contribution in [0.25, 0.3) is 0 Å². The average molecular weight is 342 g/mol. The van der Waals surface area contributed by atoms with Crippen molar-refractivity contribution in [1.82, 2.24) is 4.98 Å². The first-order chi connectivity index (χ1) is 11.6. The molecule has 0 aliphatic carbocycles. The SMILES string of the molecule is CC(=O)c1ccc(NC(=O)c2ccnc(O[C@@H]3CCSC3)c2)cc1. The molecule has 24 heavy (non-hydrogen) atoms. The summed E-state index contributed by atoms with van der Waals surface area (Å²) in [7, 11) is 0. The molecule has 0 saturated carbocycles. The number of ketones is 1. The molecule has 6 heteroatoms. The fraction of sp³-hybridized carbons (Fsp3) is 0.278. The van der Waals surface area contributed by atoms with E-state index in [1.54, 1.807) is 42.6 Å². The van der Waals surface area contributed by atoms with Gasteiger partial charge in [0.2, 0.25) is 5.88 Å². The van der Waals surface area contributed by atoms with Gasteiger partial charge in [0, 0.05) is 34.8 Å². The molecule has 1 N–H and O–H groups in total. The maximum absolute atomic E-state index is 12.4. The molecule has 0 spiro atoms. The van der Waals surface area contributed by atoms with Crippen LogP contribution in [0.5, 0.6) is 5.88 Å². The van der Waals surface area contributed by atoms with E-state index in [9.17, 15) is 9.59 Å². The summed E-state index contributed by atoms with van der Waals surface area (Å²) in [6.45, 7) is 1.51. The van der Waals surface area contributed by atoms with Gasteiger partial charge >= 0.3 is 0 Å². The van der Waals surface area contributed by atoms with Crippen molar-refractivity contribution in [3.8, 4) is 5.88 Å². The fourth-order valence-electron chi connectivity index (χ4n) is 2.38. The molecule has 0 unspecified atom stereocenters. The Labute approximate surface area is 144 Å². The second-order valence-electron chi connectivity index (χ2n) is 5.57. The minimum atomic E-state index is -0.237. The Morgan fingerprint density at radius 1 is 1.21 bits per heavy atom. The predicted octanol–water partition coefficient (Wildman–Crippen LogP) is 3.42. The monoisotopic (exact) mass is 342 g/mol. The Morgan fingerprint density at radius 3 is 2.67 bits per heavy atom. The second kappa shape index (κ2) is 7.49. The Hall–Kier alpha value is -2.34. The van der Waals surface area contributed by atoms with Crippen LogP contribution >= 0.6 is 11.8 Å². The number of aromatic nitrogens is 1. The molecule has 1 aromatic carbocycles. The standard InChI is InChI=1S/C18H18N2O3S/c1-12(21)13-2-4-15(5-3-13)20-18(22)14-6-8-19-17(10-14)23-16-7-9-24-11-16/h2-6,8,10,16H,7,9,11H2,1H3,(H,20,22)/t16-/m1/s1. The number of carbonyl (C=O) groups is 2. The molecule has 1 amide bonds. The minimum absolute atomic E-state index is 0.00567. The normalized spacial score (nSPS) is 16.6. The van der Waals surface area contributed by atoms with Crippen molar-refractivity contribution in [2.24, 2.45) is 0 Å². The number of Topliss-reactive ketones (excluding diaryl/α,β-unsaturated/α-hetero) is 1. The molecule has 1 atom stereocenters. The van der Waals surface area contributed by atoms with Gasteiger partial charge in [-0.3, -0.25) is 9.59 Å². The van der Waals surface area contributed by atoms with Crippen LogP contribution in [0.2, 0.25) is 0 Å². The van der Waals surface area contributed by atoms with Crippen LogP contribution < -0.4 is 10.1 Å². The van der Waals surface area contributed by atoms with Crippen LogP contribution in [0.3, 0.4) is 0 Å². The molecule has 1 aliphatic heterocycles. The van der Waals surface area contributed by atoms with Gasteiger partial charge in [0.15, 0.2) is 5.78 Å². The van der Waals surface area contributed by atoms with Gasteiger partial charge in [0.1, 0.15) is 6.10 Å². The highest BCUT2D eigenvalue weighted by molar-refractivity contribution is 7.99. The van der Waals surface area contributed by atoms with E-state index in [0.29, 0.717) is 22.7 Å². The van der Waals surface area contributed by atoms with Crippen LogP contribution in [0, 0.1) is 0 Å². The number of nitrogens with one attached hydrogen (secondary N) is 1. The van der Waals surface area contributed by atoms with E-state index in [0.717, 1.165) is 17.9 Å². The van der Waals surface area contributed by atoms with Crippen LogP contribution in [0.4, 0.5) is 5.69 Å². The van der Waals surface area contributed by atoms with Crippen LogP contribution in [0.1, 0.15) is 34.1 Å². The number of benzene rings is 1. The highest BCUT2D eigenvalue weighted by atomic mass is 32.2. The summed E-state index contributed by atoms with van der Waals surface area (Å²) < 4.78 is 5.81. The molecule has 1 saturated heterocycles. The van der Waals surface area contributed by atoms with E-state index < -0.39 is 0 Å². The van der Waals surface area contributed by atoms with E-state index >= 15 is 0 Å². The molecule has 1 aliphatic rings. The molecule has 0 radical (unpaired) electrons. The van der Waals surface area contributed by atoms with Crippen molar-refractivity contribution in [1.29, 1.82) is 0 Å². The van der Waals surface area contributed by atoms with E-state index in [-0.39, 0.29) is 17.8 Å². The molecule has 1 fully saturated rings. The summed E-state index contributed by atoms with van der Waals surface area (Å²) in [6.07, 6.45) is 2.75. The van der Waals surface area contributed by atoms with Gasteiger partial charge in [0.05, 0.1) is 0 Å². The Morgan fingerprint density at radius 2 is 2.00 bits per heavy atom. The van der Waals surface area contributed by atoms with Crippen molar-refractivity contribution in [2.75, 3.05) is 16.8 Å². The summed E-state index contributed by atoms with van der Waals surface area (Å²) in [6, 6.07) is 10.1. The van der Waals surface area contributed by atoms with E-state index in [1.165, 1.54) is 6.92 Å². The Kier molecular flexibility index (Phi) is 5.15. The number of hydrogen-bond acceptors (Lipinski definition) is 5. The molecular weight excluding hydrogens is 324 g/mol. The number of amides is 1. The molecular formula is C18H18N2O3S. The number of ether oxygens (including phenoxy) is 1. The van der Waals surface area contributed by atoms with Gasteiger partial charge in [-0.1, -0.05) is 0 Å². The average Bonchev–Trinajstić information content (AvgIpc) is 3.08. The number of anilines is 1. The number of thioether (sulfide) groups is 1. The number of carbonyl (C=O) groups excluding carboxylic acids is 2. The zero-order valence-electron chi connectivity index (χ0n) is 13.3. The topological polar surface area (TPSA) is 68.3 Å². The van der Waals surface area contributed by atoms with Crippen molar-refractivity contribution in [2.45, 2.75) is 19.4 Å². The first-order valence-electron chi connectivity index (χ1n) is 7.74. The van der Waals surface area contributed by atoms with Crippen molar-refractivity contribution >= 4 is 29.1 Å². The van der Waals surface area contributed by atoms with Gasteiger partial charge in [-0.05, 0) is 49.4 Å².